The van der Waals surface area contributed by atoms with Gasteiger partial charge in [0, 0.05) is 0 Å². The highest BCUT2D eigenvalue weighted by Crippen LogP contribution is 2.18. The molecule has 0 fully saturated rings. The van der Waals surface area contributed by atoms with Crippen molar-refractivity contribution in [2.24, 2.45) is 0 Å². The van der Waals surface area contributed by atoms with Crippen molar-refractivity contribution in [1.82, 2.24) is 15.2 Å². The van der Waals surface area contributed by atoms with E-state index in [0.717, 1.165) is 0 Å². The van der Waals surface area contributed by atoms with E-state index in [1.165, 1.54) is 12.3 Å². The number of carboxylic acids is 1. The Kier molecular flexibility index (Phi) is 1.66. The molecule has 6 heteroatoms. The molecule has 0 spiro atoms. The van der Waals surface area contributed by atoms with Crippen molar-refractivity contribution in [2.75, 3.05) is 0 Å². The van der Waals surface area contributed by atoms with E-state index < -0.39 is 5.97 Å². The first-order chi connectivity index (χ1) is 6.18. The number of carbonyl (C=O) groups is 1. The minimum Gasteiger partial charge on any atom is -0.478 e. The number of pyridine rings is 1. The highest BCUT2D eigenvalue weighted by molar-refractivity contribution is 6.30. The molecule has 66 valence electrons. The van der Waals surface area contributed by atoms with Crippen LogP contribution in [0.2, 0.25) is 5.15 Å². The molecule has 0 amide bonds. The molecule has 0 unspecified atom stereocenters. The van der Waals surface area contributed by atoms with Crippen molar-refractivity contribution < 1.29 is 9.90 Å². The molecule has 0 atom stereocenters. The van der Waals surface area contributed by atoms with Gasteiger partial charge in [-0.2, -0.15) is 5.10 Å². The molecule has 13 heavy (non-hydrogen) atoms. The first-order valence-corrected chi connectivity index (χ1v) is 3.79. The molecular weight excluding hydrogens is 194 g/mol. The van der Waals surface area contributed by atoms with E-state index in [1.807, 2.05) is 0 Å². The summed E-state index contributed by atoms with van der Waals surface area (Å²) in [5.41, 5.74) is 0.480. The first kappa shape index (κ1) is 8.00. The van der Waals surface area contributed by atoms with Crippen molar-refractivity contribution >= 4 is 28.6 Å². The van der Waals surface area contributed by atoms with Crippen LogP contribution < -0.4 is 0 Å². The van der Waals surface area contributed by atoms with Crippen LogP contribution >= 0.6 is 11.6 Å². The van der Waals surface area contributed by atoms with Crippen molar-refractivity contribution in [3.05, 3.63) is 23.0 Å². The maximum absolute atomic E-state index is 10.7. The van der Waals surface area contributed by atoms with Gasteiger partial charge in [-0.3, -0.25) is 5.10 Å². The van der Waals surface area contributed by atoms with E-state index in [0.29, 0.717) is 11.0 Å². The second-order valence-electron chi connectivity index (χ2n) is 2.43. The third-order valence-electron chi connectivity index (χ3n) is 1.62. The predicted molar refractivity (Wildman–Crippen MR) is 45.9 cm³/mol. The Hall–Kier alpha value is -1.62. The van der Waals surface area contributed by atoms with Crippen LogP contribution in [-0.2, 0) is 0 Å². The number of aromatic amines is 1. The summed E-state index contributed by atoms with van der Waals surface area (Å²) in [6.45, 7) is 0. The number of nitrogens with zero attached hydrogens (tertiary/aromatic N) is 2. The van der Waals surface area contributed by atoms with Crippen LogP contribution in [0.15, 0.2) is 12.3 Å². The quantitative estimate of drug-likeness (QED) is 0.676. The molecule has 0 bridgehead atoms. The van der Waals surface area contributed by atoms with E-state index in [4.69, 9.17) is 16.7 Å². The smallest absolute Gasteiger partial charge is 0.336 e. The van der Waals surface area contributed by atoms with E-state index in [-0.39, 0.29) is 10.7 Å². The molecule has 2 N–H and O–H groups in total. The Morgan fingerprint density at radius 3 is 3.08 bits per heavy atom. The van der Waals surface area contributed by atoms with E-state index in [2.05, 4.69) is 15.2 Å². The molecule has 0 radical (unpaired) electrons. The molecule has 2 heterocycles. The topological polar surface area (TPSA) is 78.9 Å². The number of hydrogen-bond donors (Lipinski definition) is 2. The van der Waals surface area contributed by atoms with Gasteiger partial charge in [0.15, 0.2) is 5.65 Å². The summed E-state index contributed by atoms with van der Waals surface area (Å²) in [6.07, 6.45) is 1.40. The summed E-state index contributed by atoms with van der Waals surface area (Å²) in [7, 11) is 0. The van der Waals surface area contributed by atoms with Crippen LogP contribution in [0.1, 0.15) is 10.4 Å². The minimum absolute atomic E-state index is 0.101. The number of nitrogens with one attached hydrogen (secondary N) is 1. The maximum atomic E-state index is 10.7. The molecule has 5 nitrogen and oxygen atoms in total. The van der Waals surface area contributed by atoms with Gasteiger partial charge in [0.25, 0.3) is 0 Å². The fourth-order valence-corrected chi connectivity index (χ4v) is 1.27. The molecule has 2 rings (SSSR count). The molecule has 0 aliphatic carbocycles. The lowest BCUT2D eigenvalue weighted by Crippen LogP contribution is -1.97. The summed E-state index contributed by atoms with van der Waals surface area (Å²) in [4.78, 5) is 14.6. The van der Waals surface area contributed by atoms with Gasteiger partial charge >= 0.3 is 5.97 Å². The summed E-state index contributed by atoms with van der Waals surface area (Å²) in [6, 6.07) is 1.29. The molecular formula is C7H4ClN3O2. The number of carboxylic acid groups (broad SMARTS) is 1. The second-order valence-corrected chi connectivity index (χ2v) is 2.82. The Labute approximate surface area is 77.4 Å². The highest BCUT2D eigenvalue weighted by Gasteiger charge is 2.11. The fourth-order valence-electron chi connectivity index (χ4n) is 1.07. The number of halogens is 1. The standard InChI is InChI=1S/C7H4ClN3O2/c8-5-1-3(7(12)13)4-2-9-11-6(4)10-5/h1-2H,(H,12,13)(H,9,10,11). The van der Waals surface area contributed by atoms with Crippen molar-refractivity contribution in [3.8, 4) is 0 Å². The van der Waals surface area contributed by atoms with Crippen molar-refractivity contribution in [3.63, 3.8) is 0 Å². The maximum Gasteiger partial charge on any atom is 0.336 e. The van der Waals surface area contributed by atoms with Gasteiger partial charge in [-0.05, 0) is 6.07 Å². The zero-order valence-corrected chi connectivity index (χ0v) is 7.04. The highest BCUT2D eigenvalue weighted by atomic mass is 35.5. The monoisotopic (exact) mass is 197 g/mol. The number of fused-ring (bicyclic) bond motifs is 1. The normalized spacial score (nSPS) is 10.5. The zero-order valence-electron chi connectivity index (χ0n) is 6.28. The third-order valence-corrected chi connectivity index (χ3v) is 1.82. The SMILES string of the molecule is O=C(O)c1cc(Cl)nc2[nH]ncc12. The number of hydrogen-bond acceptors (Lipinski definition) is 3. The van der Waals surface area contributed by atoms with E-state index in [1.54, 1.807) is 0 Å². The van der Waals surface area contributed by atoms with Gasteiger partial charge in [0.2, 0.25) is 0 Å². The van der Waals surface area contributed by atoms with Crippen LogP contribution in [-0.4, -0.2) is 26.3 Å². The molecule has 0 aliphatic heterocycles. The molecule has 0 aliphatic rings. The Balaban J connectivity index is 2.84. The van der Waals surface area contributed by atoms with Gasteiger partial charge in [0.1, 0.15) is 5.15 Å². The van der Waals surface area contributed by atoms with E-state index >= 15 is 0 Å². The fraction of sp³-hybridized carbons (Fsp3) is 0. The summed E-state index contributed by atoms with van der Waals surface area (Å²) in [5.74, 6) is -1.05. The summed E-state index contributed by atoms with van der Waals surface area (Å²) in [5, 5.41) is 15.6. The average Bonchev–Trinajstić information content (AvgIpc) is 2.49. The van der Waals surface area contributed by atoms with Gasteiger partial charge < -0.3 is 5.11 Å². The lowest BCUT2D eigenvalue weighted by Gasteiger charge is -1.96. The molecule has 2 aromatic heterocycles. The van der Waals surface area contributed by atoms with Gasteiger partial charge in [-0.15, -0.1) is 0 Å². The second kappa shape index (κ2) is 2.70. The number of rotatable bonds is 1. The summed E-state index contributed by atoms with van der Waals surface area (Å²) >= 11 is 5.60. The lowest BCUT2D eigenvalue weighted by atomic mass is 10.2. The zero-order chi connectivity index (χ0) is 9.42. The van der Waals surface area contributed by atoms with Gasteiger partial charge in [-0.1, -0.05) is 11.6 Å². The van der Waals surface area contributed by atoms with Crippen LogP contribution in [0, 0.1) is 0 Å². The third kappa shape index (κ3) is 1.23. The molecule has 0 saturated carbocycles. The number of H-pyrrole nitrogens is 1. The predicted octanol–water partition coefficient (Wildman–Crippen LogP) is 1.31. The lowest BCUT2D eigenvalue weighted by molar-refractivity contribution is 0.0699. The van der Waals surface area contributed by atoms with E-state index in [9.17, 15) is 4.79 Å². The van der Waals surface area contributed by atoms with Crippen LogP contribution in [0.3, 0.4) is 0 Å². The number of aromatic carboxylic acids is 1. The molecule has 0 saturated heterocycles. The minimum atomic E-state index is -1.05. The van der Waals surface area contributed by atoms with Crippen molar-refractivity contribution in [1.29, 1.82) is 0 Å². The van der Waals surface area contributed by atoms with Crippen LogP contribution in [0.4, 0.5) is 0 Å². The number of aromatic nitrogens is 3. The largest absolute Gasteiger partial charge is 0.478 e. The molecule has 0 aromatic carbocycles. The Bertz CT molecular complexity index is 480. The average molecular weight is 198 g/mol. The van der Waals surface area contributed by atoms with Crippen LogP contribution in [0.25, 0.3) is 11.0 Å². The first-order valence-electron chi connectivity index (χ1n) is 3.41. The Morgan fingerprint density at radius 2 is 2.38 bits per heavy atom. The summed E-state index contributed by atoms with van der Waals surface area (Å²) < 4.78 is 0. The van der Waals surface area contributed by atoms with Gasteiger partial charge in [0.05, 0.1) is 17.1 Å². The molecule has 2 aromatic rings. The van der Waals surface area contributed by atoms with Gasteiger partial charge in [-0.25, -0.2) is 9.78 Å². The Morgan fingerprint density at radius 1 is 1.62 bits per heavy atom. The van der Waals surface area contributed by atoms with Crippen LogP contribution in [0.5, 0.6) is 0 Å². The van der Waals surface area contributed by atoms with Crippen molar-refractivity contribution in [2.45, 2.75) is 0 Å².